The molecule has 5 rings (SSSR count). The van der Waals surface area contributed by atoms with Crippen molar-refractivity contribution in [2.24, 2.45) is 34.6 Å². The van der Waals surface area contributed by atoms with E-state index in [0.717, 1.165) is 12.5 Å². The minimum Gasteiger partial charge on any atom is -0.359 e. The van der Waals surface area contributed by atoms with Crippen LogP contribution in [0.15, 0.2) is 17.1 Å². The summed E-state index contributed by atoms with van der Waals surface area (Å²) in [5, 5.41) is 0. The van der Waals surface area contributed by atoms with Crippen LogP contribution in [-0.2, 0) is 4.74 Å². The second kappa shape index (κ2) is 3.58. The van der Waals surface area contributed by atoms with Gasteiger partial charge in [0, 0.05) is 24.1 Å². The van der Waals surface area contributed by atoms with Gasteiger partial charge in [-0.3, -0.25) is 4.99 Å². The fourth-order valence-electron chi connectivity index (χ4n) is 6.34. The van der Waals surface area contributed by atoms with Gasteiger partial charge in [-0.05, 0) is 49.9 Å². The zero-order chi connectivity index (χ0) is 13.5. The Morgan fingerprint density at radius 3 is 3.00 bits per heavy atom. The van der Waals surface area contributed by atoms with Crippen LogP contribution in [0.5, 0.6) is 0 Å². The van der Waals surface area contributed by atoms with Crippen molar-refractivity contribution < 1.29 is 4.74 Å². The number of fused-ring (bicyclic) bond motifs is 1. The molecular weight excluding hydrogens is 246 g/mol. The molecule has 0 aromatic heterocycles. The van der Waals surface area contributed by atoms with Gasteiger partial charge in [0.15, 0.2) is 0 Å². The average Bonchev–Trinajstić information content (AvgIpc) is 3.07. The lowest BCUT2D eigenvalue weighted by Gasteiger charge is -2.52. The molecule has 108 valence electrons. The van der Waals surface area contributed by atoms with E-state index in [9.17, 15) is 0 Å². The smallest absolute Gasteiger partial charge is 0.0986 e. The monoisotopic (exact) mass is 271 g/mol. The second-order valence-electron chi connectivity index (χ2n) is 8.12. The minimum atomic E-state index is 0.00965. The average molecular weight is 271 g/mol. The van der Waals surface area contributed by atoms with Gasteiger partial charge in [0.1, 0.15) is 0 Å². The third-order valence-electron chi connectivity index (χ3n) is 7.01. The molecule has 5 aliphatic rings. The topological polar surface area (TPSA) is 21.6 Å². The predicted molar refractivity (Wildman–Crippen MR) is 79.9 cm³/mol. The van der Waals surface area contributed by atoms with E-state index in [1.165, 1.54) is 32.1 Å². The fraction of sp³-hybridized carbons (Fsp3) is 0.833. The summed E-state index contributed by atoms with van der Waals surface area (Å²) in [6, 6.07) is 0. The van der Waals surface area contributed by atoms with Gasteiger partial charge in [0.2, 0.25) is 0 Å². The SMILES string of the molecule is CC(C)[C@@H]1CC[C@H]2C3=NC[C@H]4CCC[C@]5(C=C[C@@]21O5)[C@@H]34. The summed E-state index contributed by atoms with van der Waals surface area (Å²) in [5.41, 5.74) is 1.61. The predicted octanol–water partition coefficient (Wildman–Crippen LogP) is 3.62. The molecule has 0 unspecified atom stereocenters. The largest absolute Gasteiger partial charge is 0.359 e. The Bertz CT molecular complexity index is 522. The molecule has 2 nitrogen and oxygen atoms in total. The molecule has 0 aromatic carbocycles. The van der Waals surface area contributed by atoms with Gasteiger partial charge >= 0.3 is 0 Å². The summed E-state index contributed by atoms with van der Waals surface area (Å²) < 4.78 is 6.96. The maximum atomic E-state index is 6.96. The van der Waals surface area contributed by atoms with Crippen molar-refractivity contribution in [1.29, 1.82) is 0 Å². The van der Waals surface area contributed by atoms with Crippen LogP contribution in [0.3, 0.4) is 0 Å². The van der Waals surface area contributed by atoms with Crippen molar-refractivity contribution in [1.82, 2.24) is 0 Å². The van der Waals surface area contributed by atoms with Crippen molar-refractivity contribution in [3.8, 4) is 0 Å². The molecule has 2 bridgehead atoms. The van der Waals surface area contributed by atoms with E-state index < -0.39 is 0 Å². The first kappa shape index (κ1) is 12.0. The summed E-state index contributed by atoms with van der Waals surface area (Å²) in [6.45, 7) is 5.82. The van der Waals surface area contributed by atoms with Crippen LogP contribution in [-0.4, -0.2) is 23.5 Å². The van der Waals surface area contributed by atoms with Gasteiger partial charge < -0.3 is 4.74 Å². The molecule has 1 saturated heterocycles. The number of nitrogens with zero attached hydrogens (tertiary/aromatic N) is 1. The highest BCUT2D eigenvalue weighted by molar-refractivity contribution is 5.95. The molecule has 3 fully saturated rings. The molecule has 2 heteroatoms. The van der Waals surface area contributed by atoms with Gasteiger partial charge in [-0.15, -0.1) is 0 Å². The Kier molecular flexibility index (Phi) is 2.14. The van der Waals surface area contributed by atoms with Crippen LogP contribution in [0.2, 0.25) is 0 Å². The van der Waals surface area contributed by atoms with E-state index >= 15 is 0 Å². The normalized spacial score (nSPS) is 55.0. The van der Waals surface area contributed by atoms with Gasteiger partial charge in [-0.2, -0.15) is 0 Å². The third kappa shape index (κ3) is 1.16. The summed E-state index contributed by atoms with van der Waals surface area (Å²) in [4.78, 5) is 5.06. The maximum Gasteiger partial charge on any atom is 0.0986 e. The highest BCUT2D eigenvalue weighted by atomic mass is 16.5. The van der Waals surface area contributed by atoms with Gasteiger partial charge in [-0.25, -0.2) is 0 Å². The van der Waals surface area contributed by atoms with Crippen LogP contribution in [0.1, 0.15) is 46.0 Å². The Hall–Kier alpha value is -0.630. The van der Waals surface area contributed by atoms with E-state index in [1.54, 1.807) is 5.71 Å². The molecular formula is C18H25NO. The van der Waals surface area contributed by atoms with Crippen molar-refractivity contribution in [2.75, 3.05) is 6.54 Å². The molecule has 0 aromatic rings. The van der Waals surface area contributed by atoms with Gasteiger partial charge in [0.25, 0.3) is 0 Å². The molecule has 6 atom stereocenters. The Morgan fingerprint density at radius 2 is 2.15 bits per heavy atom. The number of hydrogen-bond donors (Lipinski definition) is 0. The molecule has 3 heterocycles. The zero-order valence-electron chi connectivity index (χ0n) is 12.6. The Labute approximate surface area is 121 Å². The van der Waals surface area contributed by atoms with Crippen molar-refractivity contribution in [2.45, 2.75) is 57.2 Å². The van der Waals surface area contributed by atoms with E-state index in [0.29, 0.717) is 23.7 Å². The van der Waals surface area contributed by atoms with Crippen LogP contribution in [0, 0.1) is 29.6 Å². The van der Waals surface area contributed by atoms with E-state index in [2.05, 4.69) is 26.0 Å². The van der Waals surface area contributed by atoms with Crippen molar-refractivity contribution >= 4 is 5.71 Å². The third-order valence-corrected chi connectivity index (χ3v) is 7.01. The highest BCUT2D eigenvalue weighted by Crippen LogP contribution is 2.63. The zero-order valence-corrected chi connectivity index (χ0v) is 12.6. The quantitative estimate of drug-likeness (QED) is 0.668. The number of rotatable bonds is 1. The molecule has 2 aliphatic carbocycles. The lowest BCUT2D eigenvalue weighted by molar-refractivity contribution is -0.170. The molecule has 3 aliphatic heterocycles. The molecule has 2 saturated carbocycles. The molecule has 20 heavy (non-hydrogen) atoms. The molecule has 0 radical (unpaired) electrons. The van der Waals surface area contributed by atoms with E-state index in [-0.39, 0.29) is 11.2 Å². The molecule has 0 N–H and O–H groups in total. The lowest BCUT2D eigenvalue weighted by Crippen LogP contribution is -2.60. The summed E-state index contributed by atoms with van der Waals surface area (Å²) in [7, 11) is 0. The first-order chi connectivity index (χ1) is 9.66. The highest BCUT2D eigenvalue weighted by Gasteiger charge is 2.68. The van der Waals surface area contributed by atoms with E-state index in [1.807, 2.05) is 0 Å². The number of aliphatic imine (C=N–C) groups is 1. The van der Waals surface area contributed by atoms with Crippen molar-refractivity contribution in [3.05, 3.63) is 12.2 Å². The summed E-state index contributed by atoms with van der Waals surface area (Å²) in [5.74, 6) is 3.39. The van der Waals surface area contributed by atoms with Gasteiger partial charge in [0.05, 0.1) is 11.2 Å². The molecule has 2 spiro atoms. The second-order valence-corrected chi connectivity index (χ2v) is 8.12. The summed E-state index contributed by atoms with van der Waals surface area (Å²) >= 11 is 0. The Morgan fingerprint density at radius 1 is 1.25 bits per heavy atom. The molecule has 0 amide bonds. The number of ether oxygens (including phenoxy) is 1. The fourth-order valence-corrected chi connectivity index (χ4v) is 6.34. The van der Waals surface area contributed by atoms with Gasteiger partial charge in [-0.1, -0.05) is 26.0 Å². The van der Waals surface area contributed by atoms with Crippen LogP contribution >= 0.6 is 0 Å². The van der Waals surface area contributed by atoms with Crippen molar-refractivity contribution in [3.63, 3.8) is 0 Å². The minimum absolute atomic E-state index is 0.00965. The first-order valence-electron chi connectivity index (χ1n) is 8.61. The Balaban J connectivity index is 1.66. The van der Waals surface area contributed by atoms with Crippen LogP contribution < -0.4 is 0 Å². The maximum absolute atomic E-state index is 6.96. The number of hydrogen-bond acceptors (Lipinski definition) is 2. The summed E-state index contributed by atoms with van der Waals surface area (Å²) in [6.07, 6.45) is 11.5. The van der Waals surface area contributed by atoms with Crippen LogP contribution in [0.4, 0.5) is 0 Å². The lowest BCUT2D eigenvalue weighted by atomic mass is 9.64. The van der Waals surface area contributed by atoms with E-state index in [4.69, 9.17) is 9.73 Å². The first-order valence-corrected chi connectivity index (χ1v) is 8.61. The van der Waals surface area contributed by atoms with Crippen LogP contribution in [0.25, 0.3) is 0 Å². The standard InChI is InChI=1S/C18H25NO/c1-11(2)13-5-6-14-16-15-12(10-19-16)4-3-7-17(15)8-9-18(13,14)20-17/h8-9,11-15H,3-7,10H2,1-2H3/t12-,13+,14+,15-,17+,18+/m1/s1.